The summed E-state index contributed by atoms with van der Waals surface area (Å²) in [6.45, 7) is 1.87. The van der Waals surface area contributed by atoms with Crippen LogP contribution in [0.2, 0.25) is 0 Å². The van der Waals surface area contributed by atoms with Gasteiger partial charge in [0, 0.05) is 25.6 Å². The lowest BCUT2D eigenvalue weighted by molar-refractivity contribution is -0.131. The molecule has 100 valence electrons. The molecule has 1 heterocycles. The van der Waals surface area contributed by atoms with Crippen LogP contribution in [0.4, 0.5) is 0 Å². The third-order valence-electron chi connectivity index (χ3n) is 4.14. The Labute approximate surface area is 111 Å². The van der Waals surface area contributed by atoms with Gasteiger partial charge in [0.25, 0.3) is 0 Å². The third-order valence-corrected chi connectivity index (χ3v) is 4.14. The van der Waals surface area contributed by atoms with Crippen molar-refractivity contribution in [3.8, 4) is 0 Å². The molecule has 0 aromatic heterocycles. The molecule has 0 bridgehead atoms. The molecule has 1 unspecified atom stereocenters. The predicted octanol–water partition coefficient (Wildman–Crippen LogP) is 2.20. The summed E-state index contributed by atoms with van der Waals surface area (Å²) in [4.78, 5) is 14.1. The standard InChI is InChI=1S/C13H24N2O.ClH/c1-14-12-7-8-15(10-12)13(16)9-11-5-3-2-4-6-11;/h11-12,14H,2-10H2,1H3;1H. The molecular weight excluding hydrogens is 236 g/mol. The van der Waals surface area contributed by atoms with Gasteiger partial charge in [0.15, 0.2) is 0 Å². The molecule has 1 aliphatic carbocycles. The van der Waals surface area contributed by atoms with Crippen LogP contribution in [-0.2, 0) is 4.79 Å². The van der Waals surface area contributed by atoms with Gasteiger partial charge in [0.1, 0.15) is 0 Å². The highest BCUT2D eigenvalue weighted by molar-refractivity contribution is 5.85. The van der Waals surface area contributed by atoms with Crippen LogP contribution in [0, 0.1) is 5.92 Å². The molecule has 0 aromatic carbocycles. The quantitative estimate of drug-likeness (QED) is 0.844. The molecule has 0 aromatic rings. The van der Waals surface area contributed by atoms with E-state index in [4.69, 9.17) is 0 Å². The van der Waals surface area contributed by atoms with E-state index in [0.29, 0.717) is 17.9 Å². The van der Waals surface area contributed by atoms with Gasteiger partial charge in [0.2, 0.25) is 5.91 Å². The third kappa shape index (κ3) is 4.14. The molecule has 1 atom stereocenters. The van der Waals surface area contributed by atoms with Crippen LogP contribution in [0.1, 0.15) is 44.9 Å². The SMILES string of the molecule is CNC1CCN(C(=O)CC2CCCCC2)C1.Cl. The molecular formula is C13H25ClN2O. The summed E-state index contributed by atoms with van der Waals surface area (Å²) in [5.41, 5.74) is 0. The first-order valence-electron chi connectivity index (χ1n) is 6.74. The van der Waals surface area contributed by atoms with Gasteiger partial charge >= 0.3 is 0 Å². The molecule has 3 nitrogen and oxygen atoms in total. The van der Waals surface area contributed by atoms with Crippen LogP contribution < -0.4 is 5.32 Å². The molecule has 2 rings (SSSR count). The minimum absolute atomic E-state index is 0. The Morgan fingerprint density at radius 3 is 2.53 bits per heavy atom. The number of amides is 1. The summed E-state index contributed by atoms with van der Waals surface area (Å²) in [6.07, 6.45) is 8.50. The zero-order valence-corrected chi connectivity index (χ0v) is 11.6. The number of rotatable bonds is 3. The van der Waals surface area contributed by atoms with Crippen LogP contribution in [0.25, 0.3) is 0 Å². The van der Waals surface area contributed by atoms with E-state index in [2.05, 4.69) is 10.2 Å². The van der Waals surface area contributed by atoms with Crippen molar-refractivity contribution in [2.75, 3.05) is 20.1 Å². The number of likely N-dealkylation sites (tertiary alicyclic amines) is 1. The lowest BCUT2D eigenvalue weighted by Gasteiger charge is -2.24. The molecule has 1 saturated carbocycles. The minimum Gasteiger partial charge on any atom is -0.341 e. The van der Waals surface area contributed by atoms with Crippen molar-refractivity contribution in [2.45, 2.75) is 51.0 Å². The van der Waals surface area contributed by atoms with Gasteiger partial charge in [-0.1, -0.05) is 19.3 Å². The first-order chi connectivity index (χ1) is 7.79. The first kappa shape index (κ1) is 14.8. The Hall–Kier alpha value is -0.280. The zero-order valence-electron chi connectivity index (χ0n) is 10.8. The number of likely N-dealkylation sites (N-methyl/N-ethyl adjacent to an activating group) is 1. The molecule has 1 saturated heterocycles. The average Bonchev–Trinajstić information content (AvgIpc) is 2.79. The Kier molecular flexibility index (Phi) is 6.28. The smallest absolute Gasteiger partial charge is 0.222 e. The lowest BCUT2D eigenvalue weighted by Crippen LogP contribution is -2.34. The monoisotopic (exact) mass is 260 g/mol. The second kappa shape index (κ2) is 7.22. The summed E-state index contributed by atoms with van der Waals surface area (Å²) < 4.78 is 0. The maximum atomic E-state index is 12.1. The number of nitrogens with zero attached hydrogens (tertiary/aromatic N) is 1. The minimum atomic E-state index is 0. The summed E-state index contributed by atoms with van der Waals surface area (Å²) in [5, 5.41) is 3.26. The maximum Gasteiger partial charge on any atom is 0.222 e. The number of hydrogen-bond donors (Lipinski definition) is 1. The topological polar surface area (TPSA) is 32.3 Å². The van der Waals surface area contributed by atoms with Gasteiger partial charge in [-0.25, -0.2) is 0 Å². The molecule has 1 amide bonds. The number of nitrogens with one attached hydrogen (secondary N) is 1. The van der Waals surface area contributed by atoms with Crippen molar-refractivity contribution >= 4 is 18.3 Å². The van der Waals surface area contributed by atoms with E-state index in [1.165, 1.54) is 32.1 Å². The second-order valence-electron chi connectivity index (χ2n) is 5.32. The van der Waals surface area contributed by atoms with Gasteiger partial charge < -0.3 is 10.2 Å². The van der Waals surface area contributed by atoms with Crippen LogP contribution in [-0.4, -0.2) is 37.0 Å². The highest BCUT2D eigenvalue weighted by Crippen LogP contribution is 2.27. The fourth-order valence-corrected chi connectivity index (χ4v) is 2.99. The van der Waals surface area contributed by atoms with E-state index in [0.717, 1.165) is 25.9 Å². The molecule has 17 heavy (non-hydrogen) atoms. The van der Waals surface area contributed by atoms with Crippen molar-refractivity contribution in [1.29, 1.82) is 0 Å². The van der Waals surface area contributed by atoms with Crippen molar-refractivity contribution < 1.29 is 4.79 Å². The molecule has 0 radical (unpaired) electrons. The molecule has 2 fully saturated rings. The largest absolute Gasteiger partial charge is 0.341 e. The van der Waals surface area contributed by atoms with Crippen LogP contribution in [0.5, 0.6) is 0 Å². The predicted molar refractivity (Wildman–Crippen MR) is 72.5 cm³/mol. The summed E-state index contributed by atoms with van der Waals surface area (Å²) in [6, 6.07) is 0.523. The summed E-state index contributed by atoms with van der Waals surface area (Å²) in [5.74, 6) is 1.07. The van der Waals surface area contributed by atoms with E-state index in [1.807, 2.05) is 7.05 Å². The van der Waals surface area contributed by atoms with E-state index < -0.39 is 0 Å². The van der Waals surface area contributed by atoms with Crippen LogP contribution >= 0.6 is 12.4 Å². The summed E-state index contributed by atoms with van der Waals surface area (Å²) >= 11 is 0. The van der Waals surface area contributed by atoms with E-state index >= 15 is 0 Å². The Balaban J connectivity index is 0.00000144. The van der Waals surface area contributed by atoms with Crippen LogP contribution in [0.3, 0.4) is 0 Å². The molecule has 1 aliphatic heterocycles. The fourth-order valence-electron chi connectivity index (χ4n) is 2.99. The van der Waals surface area contributed by atoms with Crippen molar-refractivity contribution in [3.05, 3.63) is 0 Å². The van der Waals surface area contributed by atoms with Gasteiger partial charge in [-0.15, -0.1) is 12.4 Å². The fraction of sp³-hybridized carbons (Fsp3) is 0.923. The second-order valence-corrected chi connectivity index (χ2v) is 5.32. The number of carbonyl (C=O) groups is 1. The van der Waals surface area contributed by atoms with Crippen molar-refractivity contribution in [3.63, 3.8) is 0 Å². The van der Waals surface area contributed by atoms with Gasteiger partial charge in [-0.3, -0.25) is 4.79 Å². The normalized spacial score (nSPS) is 25.7. The van der Waals surface area contributed by atoms with Gasteiger partial charge in [0.05, 0.1) is 0 Å². The Morgan fingerprint density at radius 2 is 1.94 bits per heavy atom. The summed E-state index contributed by atoms with van der Waals surface area (Å²) in [7, 11) is 1.99. The molecule has 2 aliphatic rings. The highest BCUT2D eigenvalue weighted by atomic mass is 35.5. The van der Waals surface area contributed by atoms with Gasteiger partial charge in [-0.05, 0) is 32.2 Å². The maximum absolute atomic E-state index is 12.1. The Bertz CT molecular complexity index is 242. The van der Waals surface area contributed by atoms with E-state index in [1.54, 1.807) is 0 Å². The Morgan fingerprint density at radius 1 is 1.24 bits per heavy atom. The highest BCUT2D eigenvalue weighted by Gasteiger charge is 2.27. The van der Waals surface area contributed by atoms with E-state index in [-0.39, 0.29) is 12.4 Å². The molecule has 1 N–H and O–H groups in total. The van der Waals surface area contributed by atoms with Crippen molar-refractivity contribution in [2.24, 2.45) is 5.92 Å². The first-order valence-corrected chi connectivity index (χ1v) is 6.74. The average molecular weight is 261 g/mol. The van der Waals surface area contributed by atoms with Crippen molar-refractivity contribution in [1.82, 2.24) is 10.2 Å². The van der Waals surface area contributed by atoms with E-state index in [9.17, 15) is 4.79 Å². The number of carbonyl (C=O) groups excluding carboxylic acids is 1. The number of hydrogen-bond acceptors (Lipinski definition) is 2. The zero-order chi connectivity index (χ0) is 11.4. The molecule has 4 heteroatoms. The van der Waals surface area contributed by atoms with Gasteiger partial charge in [-0.2, -0.15) is 0 Å². The number of halogens is 1. The molecule has 0 spiro atoms. The lowest BCUT2D eigenvalue weighted by atomic mass is 9.87. The van der Waals surface area contributed by atoms with Crippen LogP contribution in [0.15, 0.2) is 0 Å².